The predicted molar refractivity (Wildman–Crippen MR) is 70.2 cm³/mol. The van der Waals surface area contributed by atoms with Gasteiger partial charge in [-0.05, 0) is 36.8 Å². The summed E-state index contributed by atoms with van der Waals surface area (Å²) < 4.78 is 0. The quantitative estimate of drug-likeness (QED) is 0.836. The van der Waals surface area contributed by atoms with Crippen molar-refractivity contribution in [3.05, 3.63) is 33.8 Å². The SMILES string of the molecule is CC(C)C(O)CCCc1cccc(Cl)c1Cl. The topological polar surface area (TPSA) is 20.2 Å². The van der Waals surface area contributed by atoms with Crippen molar-refractivity contribution in [2.24, 2.45) is 5.92 Å². The largest absolute Gasteiger partial charge is 0.393 e. The maximum absolute atomic E-state index is 9.67. The molecule has 0 aliphatic heterocycles. The van der Waals surface area contributed by atoms with Crippen LogP contribution in [0.15, 0.2) is 18.2 Å². The van der Waals surface area contributed by atoms with Crippen molar-refractivity contribution in [3.63, 3.8) is 0 Å². The molecule has 0 saturated heterocycles. The molecule has 0 heterocycles. The van der Waals surface area contributed by atoms with E-state index in [2.05, 4.69) is 0 Å². The van der Waals surface area contributed by atoms with Crippen molar-refractivity contribution < 1.29 is 5.11 Å². The van der Waals surface area contributed by atoms with E-state index in [-0.39, 0.29) is 6.10 Å². The molecule has 1 atom stereocenters. The first-order valence-corrected chi connectivity index (χ1v) is 6.39. The third-order valence-electron chi connectivity index (χ3n) is 2.75. The maximum atomic E-state index is 9.67. The van der Waals surface area contributed by atoms with Crippen molar-refractivity contribution in [2.45, 2.75) is 39.2 Å². The van der Waals surface area contributed by atoms with Gasteiger partial charge in [-0.1, -0.05) is 49.2 Å². The van der Waals surface area contributed by atoms with Gasteiger partial charge in [0.1, 0.15) is 0 Å². The maximum Gasteiger partial charge on any atom is 0.0624 e. The zero-order chi connectivity index (χ0) is 12.1. The van der Waals surface area contributed by atoms with E-state index in [1.165, 1.54) is 0 Å². The van der Waals surface area contributed by atoms with Gasteiger partial charge < -0.3 is 5.11 Å². The lowest BCUT2D eigenvalue weighted by atomic mass is 9.99. The molecule has 1 rings (SSSR count). The number of aliphatic hydroxyl groups excluding tert-OH is 1. The lowest BCUT2D eigenvalue weighted by molar-refractivity contribution is 0.114. The van der Waals surface area contributed by atoms with Crippen molar-refractivity contribution in [2.75, 3.05) is 0 Å². The Kier molecular flexibility index (Phi) is 5.60. The summed E-state index contributed by atoms with van der Waals surface area (Å²) in [5, 5.41) is 10.9. The van der Waals surface area contributed by atoms with Crippen LogP contribution in [0, 0.1) is 5.92 Å². The van der Waals surface area contributed by atoms with Gasteiger partial charge in [0, 0.05) is 0 Å². The molecule has 0 aliphatic carbocycles. The van der Waals surface area contributed by atoms with Crippen LogP contribution in [-0.4, -0.2) is 11.2 Å². The Morgan fingerprint density at radius 1 is 1.25 bits per heavy atom. The van der Waals surface area contributed by atoms with E-state index in [9.17, 15) is 5.11 Å². The summed E-state index contributed by atoms with van der Waals surface area (Å²) in [5.41, 5.74) is 1.06. The molecule has 0 fully saturated rings. The fraction of sp³-hybridized carbons (Fsp3) is 0.538. The zero-order valence-electron chi connectivity index (χ0n) is 9.71. The first-order chi connectivity index (χ1) is 7.52. The molecule has 1 unspecified atom stereocenters. The minimum Gasteiger partial charge on any atom is -0.393 e. The van der Waals surface area contributed by atoms with Gasteiger partial charge in [-0.25, -0.2) is 0 Å². The van der Waals surface area contributed by atoms with Gasteiger partial charge in [0.25, 0.3) is 0 Å². The average Bonchev–Trinajstić information content (AvgIpc) is 2.24. The van der Waals surface area contributed by atoms with E-state index < -0.39 is 0 Å². The minimum atomic E-state index is -0.224. The summed E-state index contributed by atoms with van der Waals surface area (Å²) in [6, 6.07) is 5.68. The third-order valence-corrected chi connectivity index (χ3v) is 3.61. The minimum absolute atomic E-state index is 0.224. The van der Waals surface area contributed by atoms with Crippen LogP contribution < -0.4 is 0 Å². The molecule has 0 amide bonds. The number of hydrogen-bond donors (Lipinski definition) is 1. The van der Waals surface area contributed by atoms with Gasteiger partial charge in [-0.15, -0.1) is 0 Å². The Bertz CT molecular complexity index is 337. The Hall–Kier alpha value is -0.240. The van der Waals surface area contributed by atoms with Crippen LogP contribution >= 0.6 is 23.2 Å². The predicted octanol–water partition coefficient (Wildman–Crippen LogP) is 4.33. The monoisotopic (exact) mass is 260 g/mol. The number of benzene rings is 1. The van der Waals surface area contributed by atoms with Crippen LogP contribution in [-0.2, 0) is 6.42 Å². The standard InChI is InChI=1S/C13H18Cl2O/c1-9(2)12(16)8-4-6-10-5-3-7-11(14)13(10)15/h3,5,7,9,12,16H,4,6,8H2,1-2H3. The molecule has 0 bridgehead atoms. The van der Waals surface area contributed by atoms with E-state index in [0.29, 0.717) is 16.0 Å². The van der Waals surface area contributed by atoms with Gasteiger partial charge in [0.15, 0.2) is 0 Å². The van der Waals surface area contributed by atoms with E-state index in [4.69, 9.17) is 23.2 Å². The number of halogens is 2. The second-order valence-corrected chi connectivity index (χ2v) is 5.20. The summed E-state index contributed by atoms with van der Waals surface area (Å²) >= 11 is 12.0. The molecule has 1 aromatic rings. The van der Waals surface area contributed by atoms with Crippen molar-refractivity contribution >= 4 is 23.2 Å². The van der Waals surface area contributed by atoms with Crippen LogP contribution in [0.5, 0.6) is 0 Å². The highest BCUT2D eigenvalue weighted by atomic mass is 35.5. The summed E-state index contributed by atoms with van der Waals surface area (Å²) in [6.07, 6.45) is 2.38. The molecule has 1 nitrogen and oxygen atoms in total. The number of rotatable bonds is 5. The molecule has 3 heteroatoms. The summed E-state index contributed by atoms with van der Waals surface area (Å²) in [4.78, 5) is 0. The van der Waals surface area contributed by atoms with Gasteiger partial charge >= 0.3 is 0 Å². The van der Waals surface area contributed by atoms with Gasteiger partial charge in [0.05, 0.1) is 16.1 Å². The van der Waals surface area contributed by atoms with Crippen molar-refractivity contribution in [1.82, 2.24) is 0 Å². The molecule has 90 valence electrons. The number of aliphatic hydroxyl groups is 1. The highest BCUT2D eigenvalue weighted by Crippen LogP contribution is 2.26. The van der Waals surface area contributed by atoms with Crippen LogP contribution in [0.25, 0.3) is 0 Å². The third kappa shape index (κ3) is 3.97. The van der Waals surface area contributed by atoms with Crippen molar-refractivity contribution in [1.29, 1.82) is 0 Å². The molecular weight excluding hydrogens is 243 g/mol. The summed E-state index contributed by atoms with van der Waals surface area (Å²) in [6.45, 7) is 4.05. The van der Waals surface area contributed by atoms with E-state index >= 15 is 0 Å². The Morgan fingerprint density at radius 3 is 2.56 bits per heavy atom. The lowest BCUT2D eigenvalue weighted by Crippen LogP contribution is -2.14. The first kappa shape index (κ1) is 13.8. The highest BCUT2D eigenvalue weighted by molar-refractivity contribution is 6.42. The Morgan fingerprint density at radius 2 is 1.94 bits per heavy atom. The highest BCUT2D eigenvalue weighted by Gasteiger charge is 2.09. The van der Waals surface area contributed by atoms with Crippen molar-refractivity contribution in [3.8, 4) is 0 Å². The molecule has 1 N–H and O–H groups in total. The summed E-state index contributed by atoms with van der Waals surface area (Å²) in [7, 11) is 0. The fourth-order valence-corrected chi connectivity index (χ4v) is 1.99. The Labute approximate surface area is 107 Å². The van der Waals surface area contributed by atoms with Crippen LogP contribution in [0.3, 0.4) is 0 Å². The van der Waals surface area contributed by atoms with Gasteiger partial charge in [0.2, 0.25) is 0 Å². The molecule has 0 radical (unpaired) electrons. The smallest absolute Gasteiger partial charge is 0.0624 e. The van der Waals surface area contributed by atoms with Crippen LogP contribution in [0.2, 0.25) is 10.0 Å². The van der Waals surface area contributed by atoms with E-state index in [1.807, 2.05) is 26.0 Å². The fourth-order valence-electron chi connectivity index (χ4n) is 1.58. The zero-order valence-corrected chi connectivity index (χ0v) is 11.2. The van der Waals surface area contributed by atoms with E-state index in [0.717, 1.165) is 24.8 Å². The van der Waals surface area contributed by atoms with Gasteiger partial charge in [-0.2, -0.15) is 0 Å². The normalized spacial score (nSPS) is 13.1. The first-order valence-electron chi connectivity index (χ1n) is 5.63. The molecule has 0 saturated carbocycles. The number of aryl methyl sites for hydroxylation is 1. The lowest BCUT2D eigenvalue weighted by Gasteiger charge is -2.14. The summed E-state index contributed by atoms with van der Waals surface area (Å²) in [5.74, 6) is 0.315. The van der Waals surface area contributed by atoms with Crippen LogP contribution in [0.4, 0.5) is 0 Å². The molecule has 1 aromatic carbocycles. The molecule has 0 aliphatic rings. The molecular formula is C13H18Cl2O. The molecule has 0 aromatic heterocycles. The van der Waals surface area contributed by atoms with Crippen LogP contribution in [0.1, 0.15) is 32.3 Å². The van der Waals surface area contributed by atoms with E-state index in [1.54, 1.807) is 6.07 Å². The second-order valence-electron chi connectivity index (χ2n) is 4.42. The Balaban J connectivity index is 2.46. The second kappa shape index (κ2) is 6.48. The number of hydrogen-bond acceptors (Lipinski definition) is 1. The molecule has 0 spiro atoms. The average molecular weight is 261 g/mol. The van der Waals surface area contributed by atoms with Gasteiger partial charge in [-0.3, -0.25) is 0 Å². The molecule has 16 heavy (non-hydrogen) atoms.